The Morgan fingerprint density at radius 3 is 2.43 bits per heavy atom. The fraction of sp³-hybridized carbons (Fsp3) is 0.556. The highest BCUT2D eigenvalue weighted by Crippen LogP contribution is 2.19. The summed E-state index contributed by atoms with van der Waals surface area (Å²) < 4.78 is 0.652. The van der Waals surface area contributed by atoms with Crippen molar-refractivity contribution in [2.24, 2.45) is 0 Å². The molecule has 0 radical (unpaired) electrons. The number of alkyl halides is 1. The molecule has 0 amide bonds. The topological polar surface area (TPSA) is 45.8 Å². The molecule has 1 heterocycles. The van der Waals surface area contributed by atoms with Crippen molar-refractivity contribution in [3.63, 3.8) is 0 Å². The van der Waals surface area contributed by atoms with Crippen molar-refractivity contribution in [2.45, 2.75) is 32.1 Å². The first-order valence-electron chi connectivity index (χ1n) is 4.37. The van der Waals surface area contributed by atoms with Crippen LogP contribution in [0.15, 0.2) is 4.79 Å². The van der Waals surface area contributed by atoms with Crippen molar-refractivity contribution >= 4 is 34.2 Å². The predicted molar refractivity (Wildman–Crippen MR) is 65.9 cm³/mol. The van der Waals surface area contributed by atoms with Crippen molar-refractivity contribution in [1.29, 1.82) is 0 Å². The number of hydrogen-bond acceptors (Lipinski definition) is 2. The lowest BCUT2D eigenvalue weighted by Gasteiger charge is -2.10. The summed E-state index contributed by atoms with van der Waals surface area (Å²) in [5.74, 6) is 0.777. The molecule has 0 fully saturated rings. The number of nitrogens with one attached hydrogen (secondary N) is 1. The highest BCUT2D eigenvalue weighted by Gasteiger charge is 2.14. The van der Waals surface area contributed by atoms with Crippen molar-refractivity contribution in [3.05, 3.63) is 25.4 Å². The number of H-pyrrole nitrogens is 1. The van der Waals surface area contributed by atoms with Gasteiger partial charge >= 0.3 is 0 Å². The number of aromatic amines is 1. The van der Waals surface area contributed by atoms with Crippen LogP contribution in [0.25, 0.3) is 0 Å². The second kappa shape index (κ2) is 4.61. The fourth-order valence-electron chi connectivity index (χ4n) is 1.07. The van der Waals surface area contributed by atoms with E-state index in [1.807, 2.05) is 36.4 Å². The third-order valence-electron chi connectivity index (χ3n) is 1.83. The highest BCUT2D eigenvalue weighted by atomic mass is 127. The fourth-order valence-corrected chi connectivity index (χ4v) is 2.05. The standard InChI is InChI=1S/C9H12ClIN2O/c1-4(2)7-6(11)9(14)13-8(12-7)5(3)10/h4-5H,1-3H3,(H,12,13,14). The van der Waals surface area contributed by atoms with Crippen LogP contribution in [-0.2, 0) is 0 Å². The van der Waals surface area contributed by atoms with E-state index < -0.39 is 0 Å². The van der Waals surface area contributed by atoms with Crippen molar-refractivity contribution < 1.29 is 0 Å². The Morgan fingerprint density at radius 1 is 1.43 bits per heavy atom. The molecule has 1 atom stereocenters. The van der Waals surface area contributed by atoms with Crippen LogP contribution in [0.5, 0.6) is 0 Å². The highest BCUT2D eigenvalue weighted by molar-refractivity contribution is 14.1. The number of rotatable bonds is 2. The van der Waals surface area contributed by atoms with E-state index in [9.17, 15) is 4.79 Å². The van der Waals surface area contributed by atoms with Crippen molar-refractivity contribution in [2.75, 3.05) is 0 Å². The van der Waals surface area contributed by atoms with E-state index >= 15 is 0 Å². The van der Waals surface area contributed by atoms with Gasteiger partial charge in [-0.3, -0.25) is 4.79 Å². The van der Waals surface area contributed by atoms with E-state index in [4.69, 9.17) is 11.6 Å². The number of aromatic nitrogens is 2. The normalized spacial score (nSPS) is 13.3. The summed E-state index contributed by atoms with van der Waals surface area (Å²) in [6, 6.07) is 0. The average Bonchev–Trinajstić information content (AvgIpc) is 2.08. The summed E-state index contributed by atoms with van der Waals surface area (Å²) in [5.41, 5.74) is 0.712. The Balaban J connectivity index is 3.36. The number of halogens is 2. The summed E-state index contributed by atoms with van der Waals surface area (Å²) in [6.07, 6.45) is 0. The monoisotopic (exact) mass is 326 g/mol. The van der Waals surface area contributed by atoms with Gasteiger partial charge in [-0.05, 0) is 35.4 Å². The molecule has 0 aromatic carbocycles. The first kappa shape index (κ1) is 12.0. The van der Waals surface area contributed by atoms with E-state index in [1.54, 1.807) is 6.92 Å². The molecule has 0 aliphatic heterocycles. The zero-order valence-electron chi connectivity index (χ0n) is 8.27. The molecule has 1 N–H and O–H groups in total. The lowest BCUT2D eigenvalue weighted by molar-refractivity contribution is 0.763. The SMILES string of the molecule is CC(C)c1nc(C(C)Cl)[nH]c(=O)c1I. The molecule has 3 nitrogen and oxygen atoms in total. The molecule has 78 valence electrons. The van der Waals surface area contributed by atoms with Gasteiger partial charge < -0.3 is 4.98 Å². The lowest BCUT2D eigenvalue weighted by Crippen LogP contribution is -2.19. The molecular formula is C9H12ClIN2O. The molecule has 0 aliphatic rings. The van der Waals surface area contributed by atoms with Crippen LogP contribution in [0.1, 0.15) is 43.6 Å². The van der Waals surface area contributed by atoms with Gasteiger partial charge in [-0.1, -0.05) is 13.8 Å². The maximum atomic E-state index is 11.5. The summed E-state index contributed by atoms with van der Waals surface area (Å²) in [6.45, 7) is 5.80. The quantitative estimate of drug-likeness (QED) is 0.671. The van der Waals surface area contributed by atoms with Gasteiger partial charge in [-0.2, -0.15) is 0 Å². The summed E-state index contributed by atoms with van der Waals surface area (Å²) in [7, 11) is 0. The molecule has 1 aromatic rings. The van der Waals surface area contributed by atoms with E-state index in [2.05, 4.69) is 9.97 Å². The van der Waals surface area contributed by atoms with Gasteiger partial charge in [0.15, 0.2) is 0 Å². The smallest absolute Gasteiger partial charge is 0.264 e. The van der Waals surface area contributed by atoms with Gasteiger partial charge in [0.05, 0.1) is 14.6 Å². The largest absolute Gasteiger partial charge is 0.308 e. The van der Waals surface area contributed by atoms with Gasteiger partial charge in [0.25, 0.3) is 5.56 Å². The molecule has 14 heavy (non-hydrogen) atoms. The second-order valence-electron chi connectivity index (χ2n) is 3.42. The minimum Gasteiger partial charge on any atom is -0.308 e. The Labute approximate surface area is 101 Å². The minimum absolute atomic E-state index is 0.105. The van der Waals surface area contributed by atoms with Gasteiger partial charge in [-0.15, -0.1) is 11.6 Å². The molecule has 0 spiro atoms. The Bertz CT molecular complexity index is 387. The minimum atomic E-state index is -0.266. The Morgan fingerprint density at radius 2 is 2.00 bits per heavy atom. The average molecular weight is 327 g/mol. The second-order valence-corrected chi connectivity index (χ2v) is 5.15. The molecule has 1 unspecified atom stereocenters. The summed E-state index contributed by atoms with van der Waals surface area (Å²) >= 11 is 7.88. The zero-order valence-corrected chi connectivity index (χ0v) is 11.2. The first-order chi connectivity index (χ1) is 6.43. The first-order valence-corrected chi connectivity index (χ1v) is 5.88. The van der Waals surface area contributed by atoms with Crippen LogP contribution in [0.4, 0.5) is 0 Å². The summed E-state index contributed by atoms with van der Waals surface area (Å²) in [5, 5.41) is -0.266. The summed E-state index contributed by atoms with van der Waals surface area (Å²) in [4.78, 5) is 18.5. The van der Waals surface area contributed by atoms with Crippen LogP contribution < -0.4 is 5.56 Å². The number of hydrogen-bond donors (Lipinski definition) is 1. The molecule has 0 saturated heterocycles. The molecule has 1 rings (SSSR count). The van der Waals surface area contributed by atoms with E-state index in [0.717, 1.165) is 5.69 Å². The predicted octanol–water partition coefficient (Wildman–Crippen LogP) is 2.80. The number of nitrogens with zero attached hydrogens (tertiary/aromatic N) is 1. The molecule has 0 bridgehead atoms. The van der Waals surface area contributed by atoms with Gasteiger partial charge in [0, 0.05) is 0 Å². The lowest BCUT2D eigenvalue weighted by atomic mass is 10.1. The Hall–Kier alpha value is -0.100. The third kappa shape index (κ3) is 2.48. The van der Waals surface area contributed by atoms with Crippen LogP contribution in [0.2, 0.25) is 0 Å². The molecule has 5 heteroatoms. The van der Waals surface area contributed by atoms with Crippen molar-refractivity contribution in [1.82, 2.24) is 9.97 Å². The third-order valence-corrected chi connectivity index (χ3v) is 3.08. The molecule has 1 aromatic heterocycles. The van der Waals surface area contributed by atoms with Gasteiger partial charge in [0.1, 0.15) is 5.82 Å². The maximum absolute atomic E-state index is 11.5. The molecular weight excluding hydrogens is 314 g/mol. The van der Waals surface area contributed by atoms with Crippen LogP contribution in [0, 0.1) is 3.57 Å². The van der Waals surface area contributed by atoms with E-state index in [1.165, 1.54) is 0 Å². The van der Waals surface area contributed by atoms with Crippen LogP contribution in [0.3, 0.4) is 0 Å². The van der Waals surface area contributed by atoms with E-state index in [0.29, 0.717) is 9.39 Å². The van der Waals surface area contributed by atoms with Gasteiger partial charge in [-0.25, -0.2) is 4.98 Å². The van der Waals surface area contributed by atoms with Crippen LogP contribution >= 0.6 is 34.2 Å². The van der Waals surface area contributed by atoms with Gasteiger partial charge in [0.2, 0.25) is 0 Å². The molecule has 0 saturated carbocycles. The molecule has 0 aliphatic carbocycles. The maximum Gasteiger partial charge on any atom is 0.264 e. The van der Waals surface area contributed by atoms with E-state index in [-0.39, 0.29) is 16.9 Å². The Kier molecular flexibility index (Phi) is 3.94. The van der Waals surface area contributed by atoms with Crippen LogP contribution in [-0.4, -0.2) is 9.97 Å². The zero-order chi connectivity index (χ0) is 10.9. The van der Waals surface area contributed by atoms with Crippen molar-refractivity contribution in [3.8, 4) is 0 Å².